The molecule has 0 saturated carbocycles. The number of fused-ring (bicyclic) bond motifs is 3. The summed E-state index contributed by atoms with van der Waals surface area (Å²) >= 11 is 0. The monoisotopic (exact) mass is 515 g/mol. The summed E-state index contributed by atoms with van der Waals surface area (Å²) in [5.41, 5.74) is 9.27. The Labute approximate surface area is 234 Å². The molecule has 0 fully saturated rings. The highest BCUT2D eigenvalue weighted by Crippen LogP contribution is 2.36. The highest BCUT2D eigenvalue weighted by Gasteiger charge is 2.14. The van der Waals surface area contributed by atoms with E-state index in [1.165, 1.54) is 21.8 Å². The number of benzene rings is 6. The average molecular weight is 516 g/mol. The smallest absolute Gasteiger partial charge is 0.0541 e. The molecule has 0 amide bonds. The Bertz CT molecular complexity index is 1800. The summed E-state index contributed by atoms with van der Waals surface area (Å²) in [4.78, 5) is 4.51. The fourth-order valence-corrected chi connectivity index (χ4v) is 5.60. The Morgan fingerprint density at radius 1 is 0.375 bits per heavy atom. The molecule has 7 aromatic rings. The van der Waals surface area contributed by atoms with Crippen molar-refractivity contribution >= 4 is 50.2 Å². The van der Waals surface area contributed by atoms with Crippen molar-refractivity contribution in [3.63, 3.8) is 0 Å². The van der Waals surface area contributed by atoms with Crippen LogP contribution in [-0.2, 0) is 0 Å². The number of nitrogens with zero attached hydrogens (tertiary/aromatic N) is 3. The fraction of sp³-hybridized carbons (Fsp3) is 0.0270. The van der Waals surface area contributed by atoms with Gasteiger partial charge in [-0.15, -0.1) is 0 Å². The van der Waals surface area contributed by atoms with E-state index in [0.717, 1.165) is 34.1 Å². The first-order valence-corrected chi connectivity index (χ1v) is 13.6. The second-order valence-corrected chi connectivity index (χ2v) is 9.97. The fourth-order valence-electron chi connectivity index (χ4n) is 5.60. The van der Waals surface area contributed by atoms with Gasteiger partial charge in [0.1, 0.15) is 0 Å². The molecule has 6 aromatic carbocycles. The zero-order valence-electron chi connectivity index (χ0n) is 22.4. The van der Waals surface area contributed by atoms with Crippen molar-refractivity contribution in [3.8, 4) is 5.69 Å². The minimum atomic E-state index is 1.12. The maximum Gasteiger partial charge on any atom is 0.0541 e. The minimum Gasteiger partial charge on any atom is -0.345 e. The number of anilines is 5. The predicted octanol–water partition coefficient (Wildman–Crippen LogP) is 10.0. The van der Waals surface area contributed by atoms with Crippen LogP contribution < -0.4 is 9.80 Å². The van der Waals surface area contributed by atoms with Crippen molar-refractivity contribution in [2.75, 3.05) is 16.8 Å². The number of rotatable bonds is 6. The van der Waals surface area contributed by atoms with Gasteiger partial charge >= 0.3 is 0 Å². The van der Waals surface area contributed by atoms with Gasteiger partial charge in [-0.05, 0) is 84.9 Å². The number of para-hydroxylation sites is 4. The Balaban J connectivity index is 1.20. The molecule has 0 bridgehead atoms. The molecule has 1 heterocycles. The molecular formula is C37H29N3. The zero-order valence-corrected chi connectivity index (χ0v) is 22.4. The first-order valence-electron chi connectivity index (χ1n) is 13.6. The lowest BCUT2D eigenvalue weighted by Gasteiger charge is -2.26. The lowest BCUT2D eigenvalue weighted by molar-refractivity contribution is 1.16. The lowest BCUT2D eigenvalue weighted by atomic mass is 10.1. The molecule has 192 valence electrons. The molecule has 0 N–H and O–H groups in total. The summed E-state index contributed by atoms with van der Waals surface area (Å²) in [6, 6.07) is 55.9. The molecule has 40 heavy (non-hydrogen) atoms. The Kier molecular flexibility index (Phi) is 6.02. The highest BCUT2D eigenvalue weighted by atomic mass is 15.1. The maximum absolute atomic E-state index is 2.35. The van der Waals surface area contributed by atoms with Crippen LogP contribution in [-0.4, -0.2) is 11.6 Å². The second kappa shape index (κ2) is 10.1. The van der Waals surface area contributed by atoms with Gasteiger partial charge in [-0.3, -0.25) is 0 Å². The van der Waals surface area contributed by atoms with Gasteiger partial charge < -0.3 is 14.4 Å². The molecule has 0 atom stereocenters. The quantitative estimate of drug-likeness (QED) is 0.218. The van der Waals surface area contributed by atoms with Crippen molar-refractivity contribution in [2.24, 2.45) is 0 Å². The summed E-state index contributed by atoms with van der Waals surface area (Å²) in [5.74, 6) is 0. The molecule has 7 rings (SSSR count). The van der Waals surface area contributed by atoms with E-state index in [1.807, 2.05) is 0 Å². The standard InChI is InChI=1S/C37H29N3/c1-38(28-20-24-32(25-21-28)39(30-12-4-2-5-13-30)31-14-6-3-7-15-31)29-22-26-33(27-23-29)40-36-18-10-8-16-34(36)35-17-9-11-19-37(35)40/h2-27H,1H3. The first kappa shape index (κ1) is 23.8. The number of aromatic nitrogens is 1. The third kappa shape index (κ3) is 4.18. The van der Waals surface area contributed by atoms with Gasteiger partial charge in [0, 0.05) is 51.9 Å². The van der Waals surface area contributed by atoms with E-state index < -0.39 is 0 Å². The van der Waals surface area contributed by atoms with Crippen LogP contribution in [0.1, 0.15) is 0 Å². The molecule has 3 heteroatoms. The van der Waals surface area contributed by atoms with Crippen LogP contribution in [0.25, 0.3) is 27.5 Å². The normalized spacial score (nSPS) is 11.1. The van der Waals surface area contributed by atoms with E-state index in [-0.39, 0.29) is 0 Å². The van der Waals surface area contributed by atoms with Crippen LogP contribution >= 0.6 is 0 Å². The van der Waals surface area contributed by atoms with Crippen LogP contribution in [0, 0.1) is 0 Å². The van der Waals surface area contributed by atoms with Crippen LogP contribution in [0.4, 0.5) is 28.4 Å². The number of hydrogen-bond acceptors (Lipinski definition) is 2. The van der Waals surface area contributed by atoms with Gasteiger partial charge in [-0.1, -0.05) is 72.8 Å². The van der Waals surface area contributed by atoms with E-state index in [0.29, 0.717) is 0 Å². The van der Waals surface area contributed by atoms with Gasteiger partial charge in [-0.25, -0.2) is 0 Å². The summed E-state index contributed by atoms with van der Waals surface area (Å²) in [6.45, 7) is 0. The molecule has 0 saturated heterocycles. The van der Waals surface area contributed by atoms with E-state index in [9.17, 15) is 0 Å². The molecule has 3 nitrogen and oxygen atoms in total. The summed E-state index contributed by atoms with van der Waals surface area (Å²) in [5, 5.41) is 2.55. The van der Waals surface area contributed by atoms with Crippen LogP contribution in [0.2, 0.25) is 0 Å². The van der Waals surface area contributed by atoms with Crippen LogP contribution in [0.5, 0.6) is 0 Å². The lowest BCUT2D eigenvalue weighted by Crippen LogP contribution is -2.12. The van der Waals surface area contributed by atoms with Crippen LogP contribution in [0.3, 0.4) is 0 Å². The van der Waals surface area contributed by atoms with Crippen molar-refractivity contribution in [1.82, 2.24) is 4.57 Å². The molecule has 0 aliphatic heterocycles. The van der Waals surface area contributed by atoms with E-state index in [1.54, 1.807) is 0 Å². The van der Waals surface area contributed by atoms with Crippen molar-refractivity contribution in [3.05, 3.63) is 158 Å². The second-order valence-electron chi connectivity index (χ2n) is 9.97. The van der Waals surface area contributed by atoms with Gasteiger partial charge in [0.15, 0.2) is 0 Å². The van der Waals surface area contributed by atoms with Gasteiger partial charge in [0.05, 0.1) is 11.0 Å². The summed E-state index contributed by atoms with van der Waals surface area (Å²) < 4.78 is 2.35. The Morgan fingerprint density at radius 2 is 0.750 bits per heavy atom. The third-order valence-electron chi connectivity index (χ3n) is 7.60. The van der Waals surface area contributed by atoms with E-state index >= 15 is 0 Å². The largest absolute Gasteiger partial charge is 0.345 e. The molecule has 0 unspecified atom stereocenters. The van der Waals surface area contributed by atoms with Gasteiger partial charge in [0.25, 0.3) is 0 Å². The molecule has 1 aromatic heterocycles. The zero-order chi connectivity index (χ0) is 26.9. The molecule has 0 spiro atoms. The molecule has 0 radical (unpaired) electrons. The van der Waals surface area contributed by atoms with E-state index in [2.05, 4.69) is 179 Å². The van der Waals surface area contributed by atoms with Crippen molar-refractivity contribution in [2.45, 2.75) is 0 Å². The molecule has 0 aliphatic rings. The average Bonchev–Trinajstić information content (AvgIpc) is 3.37. The molecule has 0 aliphatic carbocycles. The molecular weight excluding hydrogens is 486 g/mol. The van der Waals surface area contributed by atoms with Gasteiger partial charge in [0.2, 0.25) is 0 Å². The van der Waals surface area contributed by atoms with Crippen LogP contribution in [0.15, 0.2) is 158 Å². The van der Waals surface area contributed by atoms with E-state index in [4.69, 9.17) is 0 Å². The predicted molar refractivity (Wildman–Crippen MR) is 170 cm³/mol. The summed E-state index contributed by atoms with van der Waals surface area (Å²) in [7, 11) is 2.12. The Morgan fingerprint density at radius 3 is 1.25 bits per heavy atom. The number of hydrogen-bond donors (Lipinski definition) is 0. The SMILES string of the molecule is CN(c1ccc(N(c2ccccc2)c2ccccc2)cc1)c1ccc(-n2c3ccccc3c3ccccc32)cc1. The minimum absolute atomic E-state index is 1.12. The third-order valence-corrected chi connectivity index (χ3v) is 7.60. The summed E-state index contributed by atoms with van der Waals surface area (Å²) in [6.07, 6.45) is 0. The van der Waals surface area contributed by atoms with Crippen molar-refractivity contribution in [1.29, 1.82) is 0 Å². The first-order chi connectivity index (χ1) is 19.8. The topological polar surface area (TPSA) is 11.4 Å². The van der Waals surface area contributed by atoms with Gasteiger partial charge in [-0.2, -0.15) is 0 Å². The Hall–Kier alpha value is -5.28. The van der Waals surface area contributed by atoms with Crippen molar-refractivity contribution < 1.29 is 0 Å². The highest BCUT2D eigenvalue weighted by molar-refractivity contribution is 6.09. The maximum atomic E-state index is 2.35.